The van der Waals surface area contributed by atoms with Gasteiger partial charge in [0.2, 0.25) is 0 Å². The summed E-state index contributed by atoms with van der Waals surface area (Å²) in [6.45, 7) is 3.15. The van der Waals surface area contributed by atoms with Crippen molar-refractivity contribution < 1.29 is 9.66 Å². The first-order valence-corrected chi connectivity index (χ1v) is 7.40. The van der Waals surface area contributed by atoms with Gasteiger partial charge in [0, 0.05) is 30.3 Å². The highest BCUT2D eigenvalue weighted by atomic mass is 32.1. The molecule has 0 spiro atoms. The van der Waals surface area contributed by atoms with Gasteiger partial charge in [0.25, 0.3) is 5.69 Å². The van der Waals surface area contributed by atoms with Crippen LogP contribution < -0.4 is 10.7 Å². The van der Waals surface area contributed by atoms with Crippen molar-refractivity contribution in [1.29, 1.82) is 0 Å². The summed E-state index contributed by atoms with van der Waals surface area (Å²) in [5, 5.41) is 18.3. The van der Waals surface area contributed by atoms with Crippen molar-refractivity contribution in [3.05, 3.63) is 39.4 Å². The Morgan fingerprint density at radius 2 is 2.45 bits per heavy atom. The maximum atomic E-state index is 10.9. The molecule has 0 unspecified atom stereocenters. The van der Waals surface area contributed by atoms with Gasteiger partial charge in [0.15, 0.2) is 5.11 Å². The highest BCUT2D eigenvalue weighted by Gasteiger charge is 2.15. The Morgan fingerprint density at radius 3 is 3.14 bits per heavy atom. The van der Waals surface area contributed by atoms with E-state index in [4.69, 9.17) is 17.0 Å². The van der Waals surface area contributed by atoms with E-state index in [1.54, 1.807) is 19.1 Å². The largest absolute Gasteiger partial charge is 0.376 e. The van der Waals surface area contributed by atoms with E-state index in [9.17, 15) is 10.1 Å². The first-order valence-electron chi connectivity index (χ1n) is 7.00. The van der Waals surface area contributed by atoms with Crippen molar-refractivity contribution in [1.82, 2.24) is 10.7 Å². The summed E-state index contributed by atoms with van der Waals surface area (Å²) in [6, 6.07) is 4.92. The average molecular weight is 322 g/mol. The number of hydrazone groups is 1. The van der Waals surface area contributed by atoms with E-state index >= 15 is 0 Å². The predicted molar refractivity (Wildman–Crippen MR) is 88.1 cm³/mol. The number of thiocarbonyl (C=S) groups is 1. The predicted octanol–water partition coefficient (Wildman–Crippen LogP) is 1.88. The fraction of sp³-hybridized carbons (Fsp3) is 0.429. The number of nitrogens with one attached hydrogen (secondary N) is 2. The molecule has 1 atom stereocenters. The molecule has 7 nitrogen and oxygen atoms in total. The van der Waals surface area contributed by atoms with Crippen LogP contribution >= 0.6 is 12.2 Å². The lowest BCUT2D eigenvalue weighted by atomic mass is 10.1. The van der Waals surface area contributed by atoms with Gasteiger partial charge in [-0.15, -0.1) is 0 Å². The molecule has 0 radical (unpaired) electrons. The fourth-order valence-electron chi connectivity index (χ4n) is 2.12. The minimum atomic E-state index is -0.409. The number of rotatable bonds is 5. The van der Waals surface area contributed by atoms with Crippen molar-refractivity contribution in [2.24, 2.45) is 5.10 Å². The molecule has 0 amide bonds. The number of aryl methyl sites for hydroxylation is 1. The van der Waals surface area contributed by atoms with Gasteiger partial charge in [-0.1, -0.05) is 12.1 Å². The smallest absolute Gasteiger partial charge is 0.272 e. The molecule has 1 heterocycles. The Bertz CT molecular complexity index is 585. The van der Waals surface area contributed by atoms with Crippen LogP contribution in [0.25, 0.3) is 0 Å². The molecule has 0 aromatic heterocycles. The van der Waals surface area contributed by atoms with Gasteiger partial charge >= 0.3 is 0 Å². The van der Waals surface area contributed by atoms with Crippen LogP contribution in [0.5, 0.6) is 0 Å². The van der Waals surface area contributed by atoms with E-state index < -0.39 is 4.92 Å². The van der Waals surface area contributed by atoms with Crippen molar-refractivity contribution in [2.45, 2.75) is 25.9 Å². The molecule has 1 fully saturated rings. The summed E-state index contributed by atoms with van der Waals surface area (Å²) in [6.07, 6.45) is 3.80. The van der Waals surface area contributed by atoms with E-state index in [2.05, 4.69) is 15.8 Å². The first kappa shape index (κ1) is 16.3. The standard InChI is InChI=1S/C14H18N4O3S/c1-10-4-5-11(7-13(10)18(19)20)8-16-17-14(22)15-9-12-3-2-6-21-12/h4-5,7-8,12H,2-3,6,9H2,1H3,(H2,15,17,22)/b16-8-/t12-/m0/s1. The summed E-state index contributed by atoms with van der Waals surface area (Å²) < 4.78 is 5.47. The molecule has 22 heavy (non-hydrogen) atoms. The molecule has 118 valence electrons. The zero-order valence-electron chi connectivity index (χ0n) is 12.2. The van der Waals surface area contributed by atoms with Crippen LogP contribution in [0.15, 0.2) is 23.3 Å². The monoisotopic (exact) mass is 322 g/mol. The third-order valence-corrected chi connectivity index (χ3v) is 3.56. The number of nitro groups is 1. The number of nitrogens with zero attached hydrogens (tertiary/aromatic N) is 2. The lowest BCUT2D eigenvalue weighted by molar-refractivity contribution is -0.385. The van der Waals surface area contributed by atoms with E-state index in [1.807, 2.05) is 0 Å². The molecule has 1 aliphatic rings. The normalized spacial score (nSPS) is 17.6. The van der Waals surface area contributed by atoms with Crippen molar-refractivity contribution in [2.75, 3.05) is 13.2 Å². The van der Waals surface area contributed by atoms with Crippen LogP contribution in [0.4, 0.5) is 5.69 Å². The first-order chi connectivity index (χ1) is 10.6. The van der Waals surface area contributed by atoms with E-state index in [-0.39, 0.29) is 11.8 Å². The molecule has 0 saturated carbocycles. The van der Waals surface area contributed by atoms with Crippen LogP contribution in [0.1, 0.15) is 24.0 Å². The Balaban J connectivity index is 1.82. The number of ether oxygens (including phenoxy) is 1. The number of hydrogen-bond acceptors (Lipinski definition) is 5. The second kappa shape index (κ2) is 7.81. The van der Waals surface area contributed by atoms with Gasteiger partial charge in [0.1, 0.15) is 0 Å². The zero-order valence-corrected chi connectivity index (χ0v) is 13.1. The van der Waals surface area contributed by atoms with Crippen molar-refractivity contribution in [3.8, 4) is 0 Å². The van der Waals surface area contributed by atoms with Crippen LogP contribution in [0, 0.1) is 17.0 Å². The van der Waals surface area contributed by atoms with Gasteiger partial charge in [0.05, 0.1) is 17.2 Å². The summed E-state index contributed by atoms with van der Waals surface area (Å²) in [5.74, 6) is 0. The summed E-state index contributed by atoms with van der Waals surface area (Å²) >= 11 is 5.09. The van der Waals surface area contributed by atoms with Crippen LogP contribution in [0.2, 0.25) is 0 Å². The average Bonchev–Trinajstić information content (AvgIpc) is 3.00. The molecule has 0 bridgehead atoms. The Labute approximate surface area is 133 Å². The lowest BCUT2D eigenvalue weighted by Gasteiger charge is -2.11. The molecule has 1 saturated heterocycles. The molecule has 0 aliphatic carbocycles. The van der Waals surface area contributed by atoms with Gasteiger partial charge in [-0.3, -0.25) is 15.5 Å². The SMILES string of the molecule is Cc1ccc(/C=N\NC(=S)NC[C@@H]2CCCO2)cc1[N+](=O)[O-]. The topological polar surface area (TPSA) is 88.8 Å². The highest BCUT2D eigenvalue weighted by molar-refractivity contribution is 7.80. The minimum Gasteiger partial charge on any atom is -0.376 e. The number of nitro benzene ring substituents is 1. The summed E-state index contributed by atoms with van der Waals surface area (Å²) in [4.78, 5) is 10.5. The minimum absolute atomic E-state index is 0.0723. The van der Waals surface area contributed by atoms with Crippen LogP contribution in [-0.2, 0) is 4.74 Å². The number of hydrogen-bond donors (Lipinski definition) is 2. The molecular formula is C14H18N4O3S. The Morgan fingerprint density at radius 1 is 1.64 bits per heavy atom. The molecule has 2 N–H and O–H groups in total. The second-order valence-electron chi connectivity index (χ2n) is 5.02. The highest BCUT2D eigenvalue weighted by Crippen LogP contribution is 2.18. The third-order valence-electron chi connectivity index (χ3n) is 3.32. The maximum absolute atomic E-state index is 10.9. The van der Waals surface area contributed by atoms with Crippen molar-refractivity contribution in [3.63, 3.8) is 0 Å². The van der Waals surface area contributed by atoms with Gasteiger partial charge in [-0.2, -0.15) is 5.10 Å². The van der Waals surface area contributed by atoms with E-state index in [0.717, 1.165) is 19.4 Å². The lowest BCUT2D eigenvalue weighted by Crippen LogP contribution is -2.37. The Hall–Kier alpha value is -2.06. The molecule has 8 heteroatoms. The molecule has 2 rings (SSSR count). The molecule has 1 aromatic rings. The maximum Gasteiger partial charge on any atom is 0.272 e. The second-order valence-corrected chi connectivity index (χ2v) is 5.43. The summed E-state index contributed by atoms with van der Waals surface area (Å²) in [5.41, 5.74) is 4.00. The van der Waals surface area contributed by atoms with Crippen molar-refractivity contribution >= 4 is 29.2 Å². The van der Waals surface area contributed by atoms with E-state index in [1.165, 1.54) is 12.3 Å². The number of benzene rings is 1. The van der Waals surface area contributed by atoms with E-state index in [0.29, 0.717) is 22.8 Å². The Kier molecular flexibility index (Phi) is 5.79. The molecule has 1 aromatic carbocycles. The van der Waals surface area contributed by atoms with Gasteiger partial charge in [-0.05, 0) is 32.0 Å². The fourth-order valence-corrected chi connectivity index (χ4v) is 2.26. The molecule has 1 aliphatic heterocycles. The van der Waals surface area contributed by atoms with Crippen LogP contribution in [0.3, 0.4) is 0 Å². The zero-order chi connectivity index (χ0) is 15.9. The molecular weight excluding hydrogens is 304 g/mol. The van der Waals surface area contributed by atoms with Gasteiger partial charge in [-0.25, -0.2) is 0 Å². The van der Waals surface area contributed by atoms with Crippen LogP contribution in [-0.4, -0.2) is 35.5 Å². The third kappa shape index (κ3) is 4.74. The van der Waals surface area contributed by atoms with Gasteiger partial charge < -0.3 is 10.1 Å². The summed E-state index contributed by atoms with van der Waals surface area (Å²) in [7, 11) is 0. The quantitative estimate of drug-likeness (QED) is 0.372.